The minimum absolute atomic E-state index is 0.169. The predicted octanol–water partition coefficient (Wildman–Crippen LogP) is 5.60. The number of carboxylic acid groups (broad SMARTS) is 1. The lowest BCUT2D eigenvalue weighted by Gasteiger charge is -2.35. The highest BCUT2D eigenvalue weighted by Gasteiger charge is 2.45. The van der Waals surface area contributed by atoms with Crippen molar-refractivity contribution in [2.75, 3.05) is 0 Å². The van der Waals surface area contributed by atoms with E-state index in [0.29, 0.717) is 0 Å². The first-order chi connectivity index (χ1) is 16.5. The number of halogens is 1. The van der Waals surface area contributed by atoms with Gasteiger partial charge in [-0.25, -0.2) is 4.79 Å². The Kier molecular flexibility index (Phi) is 7.24. The highest BCUT2D eigenvalue weighted by Crippen LogP contribution is 2.39. The number of benzene rings is 4. The zero-order valence-corrected chi connectivity index (χ0v) is 20.0. The van der Waals surface area contributed by atoms with Crippen LogP contribution in [0.2, 0.25) is 0 Å². The maximum absolute atomic E-state index is 14.2. The van der Waals surface area contributed by atoms with Crippen LogP contribution in [-0.4, -0.2) is 23.0 Å². The van der Waals surface area contributed by atoms with Crippen LogP contribution in [0.1, 0.15) is 22.3 Å². The quantitative estimate of drug-likeness (QED) is 0.301. The lowest BCUT2D eigenvalue weighted by atomic mass is 9.68. The Bertz CT molecular complexity index is 1150. The van der Waals surface area contributed by atoms with Crippen LogP contribution in [0.5, 0.6) is 0 Å². The average molecular weight is 514 g/mol. The van der Waals surface area contributed by atoms with E-state index in [1.165, 1.54) is 0 Å². The van der Waals surface area contributed by atoms with E-state index in [2.05, 4.69) is 21.2 Å². The van der Waals surface area contributed by atoms with Crippen molar-refractivity contribution in [2.45, 2.75) is 17.9 Å². The van der Waals surface area contributed by atoms with Gasteiger partial charge in [0.25, 0.3) is 0 Å². The molecule has 4 aromatic carbocycles. The van der Waals surface area contributed by atoms with Crippen molar-refractivity contribution in [3.05, 3.63) is 142 Å². The van der Waals surface area contributed by atoms with Crippen LogP contribution >= 0.6 is 15.9 Å². The fraction of sp³-hybridized carbons (Fsp3) is 0.103. The Balaban J connectivity index is 1.83. The lowest BCUT2D eigenvalue weighted by molar-refractivity contribution is -0.142. The first-order valence-electron chi connectivity index (χ1n) is 11.0. The summed E-state index contributed by atoms with van der Waals surface area (Å²) in [5.74, 6) is -1.47. The summed E-state index contributed by atoms with van der Waals surface area (Å²) in [6.07, 6.45) is 0.169. The van der Waals surface area contributed by atoms with Crippen LogP contribution in [0.15, 0.2) is 120 Å². The summed E-state index contributed by atoms with van der Waals surface area (Å²) < 4.78 is 0.906. The molecule has 0 saturated carbocycles. The number of hydrogen-bond acceptors (Lipinski definition) is 2. The molecular formula is C29H24BrNO3. The van der Waals surface area contributed by atoms with Gasteiger partial charge in [-0.3, -0.25) is 4.79 Å². The summed E-state index contributed by atoms with van der Waals surface area (Å²) in [6.45, 7) is 0. The van der Waals surface area contributed by atoms with Gasteiger partial charge in [0, 0.05) is 10.9 Å². The van der Waals surface area contributed by atoms with Crippen molar-refractivity contribution in [3.63, 3.8) is 0 Å². The SMILES string of the molecule is O=C(O)[C@H](Cc1ccc(Br)cc1)NC(=O)C(c1ccccc1)(c1ccccc1)c1ccccc1. The zero-order chi connectivity index (χ0) is 24.0. The maximum Gasteiger partial charge on any atom is 0.326 e. The number of hydrogen-bond donors (Lipinski definition) is 2. The zero-order valence-electron chi connectivity index (χ0n) is 18.4. The molecule has 34 heavy (non-hydrogen) atoms. The number of rotatable bonds is 8. The Labute approximate surface area is 207 Å². The molecule has 0 bridgehead atoms. The molecule has 0 saturated heterocycles. The second-order valence-electron chi connectivity index (χ2n) is 8.04. The van der Waals surface area contributed by atoms with Crippen molar-refractivity contribution in [2.24, 2.45) is 0 Å². The van der Waals surface area contributed by atoms with Gasteiger partial charge in [-0.2, -0.15) is 0 Å². The van der Waals surface area contributed by atoms with Crippen molar-refractivity contribution in [3.8, 4) is 0 Å². The van der Waals surface area contributed by atoms with Gasteiger partial charge in [0.15, 0.2) is 0 Å². The van der Waals surface area contributed by atoms with Crippen LogP contribution < -0.4 is 5.32 Å². The summed E-state index contributed by atoms with van der Waals surface area (Å²) in [5.41, 5.74) is 1.88. The van der Waals surface area contributed by atoms with Gasteiger partial charge in [0.2, 0.25) is 5.91 Å². The smallest absolute Gasteiger partial charge is 0.326 e. The minimum atomic E-state index is -1.23. The van der Waals surface area contributed by atoms with Gasteiger partial charge in [0.05, 0.1) is 0 Å². The molecule has 0 fully saturated rings. The molecule has 4 aromatic rings. The number of nitrogens with one attached hydrogen (secondary N) is 1. The van der Waals surface area contributed by atoms with Gasteiger partial charge in [-0.15, -0.1) is 0 Å². The third-order valence-electron chi connectivity index (χ3n) is 5.92. The van der Waals surface area contributed by atoms with Crippen molar-refractivity contribution in [1.29, 1.82) is 0 Å². The second-order valence-corrected chi connectivity index (χ2v) is 8.96. The molecule has 1 atom stereocenters. The first kappa shape index (κ1) is 23.5. The number of carbonyl (C=O) groups excluding carboxylic acids is 1. The van der Waals surface area contributed by atoms with E-state index >= 15 is 0 Å². The van der Waals surface area contributed by atoms with Gasteiger partial charge in [-0.05, 0) is 34.4 Å². The van der Waals surface area contributed by atoms with Crippen molar-refractivity contribution < 1.29 is 14.7 Å². The third kappa shape index (κ3) is 4.80. The third-order valence-corrected chi connectivity index (χ3v) is 6.45. The predicted molar refractivity (Wildman–Crippen MR) is 137 cm³/mol. The molecule has 1 amide bonds. The average Bonchev–Trinajstić information content (AvgIpc) is 2.87. The minimum Gasteiger partial charge on any atom is -0.480 e. The molecule has 170 valence electrons. The normalized spacial score (nSPS) is 12.0. The Morgan fingerprint density at radius 3 is 1.50 bits per heavy atom. The number of amides is 1. The topological polar surface area (TPSA) is 66.4 Å². The van der Waals surface area contributed by atoms with E-state index in [9.17, 15) is 14.7 Å². The molecule has 0 spiro atoms. The van der Waals surface area contributed by atoms with Crippen LogP contribution in [0, 0.1) is 0 Å². The fourth-order valence-electron chi connectivity index (χ4n) is 4.28. The van der Waals surface area contributed by atoms with Gasteiger partial charge < -0.3 is 10.4 Å². The summed E-state index contributed by atoms with van der Waals surface area (Å²) in [4.78, 5) is 26.5. The monoisotopic (exact) mass is 513 g/mol. The largest absolute Gasteiger partial charge is 0.480 e. The summed E-state index contributed by atoms with van der Waals surface area (Å²) in [6, 6.07) is 34.8. The Morgan fingerprint density at radius 2 is 1.12 bits per heavy atom. The van der Waals surface area contributed by atoms with Crippen LogP contribution in [0.25, 0.3) is 0 Å². The molecule has 0 heterocycles. The van der Waals surface area contributed by atoms with Gasteiger partial charge in [-0.1, -0.05) is 119 Å². The molecule has 4 rings (SSSR count). The van der Waals surface area contributed by atoms with E-state index in [1.54, 1.807) is 0 Å². The second kappa shape index (κ2) is 10.5. The van der Waals surface area contributed by atoms with Crippen molar-refractivity contribution in [1.82, 2.24) is 5.32 Å². The Hall–Kier alpha value is -3.70. The first-order valence-corrected chi connectivity index (χ1v) is 11.8. The van der Waals surface area contributed by atoms with E-state index in [4.69, 9.17) is 0 Å². The van der Waals surface area contributed by atoms with Crippen LogP contribution in [0.4, 0.5) is 0 Å². The van der Waals surface area contributed by atoms with Crippen LogP contribution in [-0.2, 0) is 21.4 Å². The maximum atomic E-state index is 14.2. The molecule has 0 radical (unpaired) electrons. The molecule has 0 aliphatic heterocycles. The van der Waals surface area contributed by atoms with Crippen molar-refractivity contribution >= 4 is 27.8 Å². The van der Waals surface area contributed by atoms with E-state index in [-0.39, 0.29) is 12.3 Å². The molecule has 0 aliphatic carbocycles. The number of carboxylic acids is 1. The molecule has 2 N–H and O–H groups in total. The highest BCUT2D eigenvalue weighted by atomic mass is 79.9. The van der Waals surface area contributed by atoms with Crippen LogP contribution in [0.3, 0.4) is 0 Å². The highest BCUT2D eigenvalue weighted by molar-refractivity contribution is 9.10. The number of aliphatic carboxylic acids is 1. The summed E-state index contributed by atoms with van der Waals surface area (Å²) in [5, 5.41) is 12.9. The van der Waals surface area contributed by atoms with E-state index in [0.717, 1.165) is 26.7 Å². The molecule has 0 unspecified atom stereocenters. The molecule has 0 aliphatic rings. The van der Waals surface area contributed by atoms with Gasteiger partial charge in [0.1, 0.15) is 11.5 Å². The molecule has 5 heteroatoms. The standard InChI is InChI=1S/C29H24BrNO3/c30-25-18-16-21(17-19-25)20-26(27(32)33)31-28(34)29(22-10-4-1-5-11-22,23-12-6-2-7-13-23)24-14-8-3-9-15-24/h1-19,26H,20H2,(H,31,34)(H,32,33)/t26-/m0/s1. The Morgan fingerprint density at radius 1 is 0.706 bits per heavy atom. The summed E-state index contributed by atoms with van der Waals surface area (Å²) in [7, 11) is 0. The van der Waals surface area contributed by atoms with Gasteiger partial charge >= 0.3 is 5.97 Å². The van der Waals surface area contributed by atoms with E-state index < -0.39 is 17.4 Å². The molecule has 4 nitrogen and oxygen atoms in total. The molecule has 0 aromatic heterocycles. The molecular weight excluding hydrogens is 490 g/mol. The van der Waals surface area contributed by atoms with E-state index in [1.807, 2.05) is 115 Å². The summed E-state index contributed by atoms with van der Waals surface area (Å²) >= 11 is 3.40. The lowest BCUT2D eigenvalue weighted by Crippen LogP contribution is -2.52. The fourth-order valence-corrected chi connectivity index (χ4v) is 4.54. The number of carbonyl (C=O) groups is 2.